The fourth-order valence-corrected chi connectivity index (χ4v) is 2.06. The zero-order chi connectivity index (χ0) is 16.1. The molecule has 0 radical (unpaired) electrons. The highest BCUT2D eigenvalue weighted by Crippen LogP contribution is 2.21. The molecule has 0 saturated carbocycles. The molecule has 6 heteroatoms. The third-order valence-corrected chi connectivity index (χ3v) is 3.31. The van der Waals surface area contributed by atoms with Gasteiger partial charge in [0.1, 0.15) is 5.92 Å². The van der Waals surface area contributed by atoms with Crippen molar-refractivity contribution in [2.24, 2.45) is 5.92 Å². The fraction of sp³-hybridized carbons (Fsp3) is 0.250. The van der Waals surface area contributed by atoms with E-state index >= 15 is 0 Å². The summed E-state index contributed by atoms with van der Waals surface area (Å²) in [6.07, 6.45) is 0.473. The molecule has 0 aliphatic carbocycles. The van der Waals surface area contributed by atoms with Crippen LogP contribution in [0, 0.1) is 24.2 Å². The minimum Gasteiger partial charge on any atom is -0.325 e. The molecule has 1 aromatic carbocycles. The van der Waals surface area contributed by atoms with Gasteiger partial charge in [-0.3, -0.25) is 9.59 Å². The number of nitriles is 1. The number of carbonyl (C=O) groups is 1. The average Bonchev–Trinajstić information content (AvgIpc) is 2.49. The van der Waals surface area contributed by atoms with E-state index in [1.807, 2.05) is 13.0 Å². The number of aromatic nitrogens is 2. The zero-order valence-corrected chi connectivity index (χ0v) is 12.4. The van der Waals surface area contributed by atoms with Gasteiger partial charge in [-0.1, -0.05) is 19.1 Å². The highest BCUT2D eigenvalue weighted by molar-refractivity contribution is 5.94. The predicted molar refractivity (Wildman–Crippen MR) is 83.1 cm³/mol. The Morgan fingerprint density at radius 1 is 1.41 bits per heavy atom. The largest absolute Gasteiger partial charge is 0.325 e. The van der Waals surface area contributed by atoms with Crippen LogP contribution in [0.15, 0.2) is 35.1 Å². The van der Waals surface area contributed by atoms with Crippen LogP contribution in [0.25, 0.3) is 11.3 Å². The summed E-state index contributed by atoms with van der Waals surface area (Å²) in [6, 6.07) is 10.5. The average molecular weight is 296 g/mol. The van der Waals surface area contributed by atoms with Gasteiger partial charge in [0.15, 0.2) is 0 Å². The molecule has 0 aliphatic heterocycles. The lowest BCUT2D eigenvalue weighted by Crippen LogP contribution is -2.20. The van der Waals surface area contributed by atoms with E-state index in [1.54, 1.807) is 31.2 Å². The number of hydrogen-bond acceptors (Lipinski definition) is 4. The van der Waals surface area contributed by atoms with E-state index in [9.17, 15) is 9.59 Å². The first-order valence-corrected chi connectivity index (χ1v) is 6.92. The van der Waals surface area contributed by atoms with Gasteiger partial charge in [-0.25, -0.2) is 5.10 Å². The minimum atomic E-state index is -0.650. The van der Waals surface area contributed by atoms with Crippen LogP contribution in [0.4, 0.5) is 5.69 Å². The third kappa shape index (κ3) is 3.38. The summed E-state index contributed by atoms with van der Waals surface area (Å²) < 4.78 is 0. The second-order valence-corrected chi connectivity index (χ2v) is 4.92. The summed E-state index contributed by atoms with van der Waals surface area (Å²) in [5.41, 5.74) is 2.66. The fourth-order valence-electron chi connectivity index (χ4n) is 2.06. The molecule has 6 nitrogen and oxygen atoms in total. The maximum absolute atomic E-state index is 11.8. The molecule has 0 spiro atoms. The standard InChI is InChI=1S/C16H16N4O2/c1-3-11(9-17)16(22)18-13-6-4-12(5-7-13)15-10(2)8-14(21)19-20-15/h4-8,11H,3H2,1-2H3,(H,18,22)(H,19,21). The van der Waals surface area contributed by atoms with Crippen LogP contribution in [0.5, 0.6) is 0 Å². The number of aryl methyl sites for hydroxylation is 1. The summed E-state index contributed by atoms with van der Waals surface area (Å²) in [4.78, 5) is 23.0. The zero-order valence-electron chi connectivity index (χ0n) is 12.4. The number of nitrogens with one attached hydrogen (secondary N) is 2. The molecule has 1 heterocycles. The molecule has 1 aromatic heterocycles. The summed E-state index contributed by atoms with van der Waals surface area (Å²) >= 11 is 0. The third-order valence-electron chi connectivity index (χ3n) is 3.31. The first-order chi connectivity index (χ1) is 10.5. The summed E-state index contributed by atoms with van der Waals surface area (Å²) in [5, 5.41) is 18.0. The van der Waals surface area contributed by atoms with Gasteiger partial charge in [0, 0.05) is 17.3 Å². The van der Waals surface area contributed by atoms with Crippen molar-refractivity contribution in [2.45, 2.75) is 20.3 Å². The Morgan fingerprint density at radius 3 is 2.64 bits per heavy atom. The van der Waals surface area contributed by atoms with Crippen LogP contribution < -0.4 is 10.9 Å². The van der Waals surface area contributed by atoms with Crippen molar-refractivity contribution >= 4 is 11.6 Å². The van der Waals surface area contributed by atoms with Crippen molar-refractivity contribution in [1.29, 1.82) is 5.26 Å². The van der Waals surface area contributed by atoms with Crippen LogP contribution in [-0.4, -0.2) is 16.1 Å². The monoisotopic (exact) mass is 296 g/mol. The van der Waals surface area contributed by atoms with E-state index in [0.29, 0.717) is 17.8 Å². The highest BCUT2D eigenvalue weighted by atomic mass is 16.2. The molecule has 2 rings (SSSR count). The number of aromatic amines is 1. The lowest BCUT2D eigenvalue weighted by molar-refractivity contribution is -0.118. The molecule has 0 bridgehead atoms. The number of benzene rings is 1. The molecule has 0 fully saturated rings. The molecule has 1 amide bonds. The highest BCUT2D eigenvalue weighted by Gasteiger charge is 2.15. The Kier molecular flexibility index (Phi) is 4.69. The van der Waals surface area contributed by atoms with Crippen molar-refractivity contribution < 1.29 is 4.79 Å². The molecule has 0 aliphatic rings. The van der Waals surface area contributed by atoms with E-state index in [-0.39, 0.29) is 11.5 Å². The number of hydrogen-bond donors (Lipinski definition) is 2. The van der Waals surface area contributed by atoms with Crippen LogP contribution in [0.3, 0.4) is 0 Å². The molecule has 2 N–H and O–H groups in total. The van der Waals surface area contributed by atoms with Crippen LogP contribution >= 0.6 is 0 Å². The van der Waals surface area contributed by atoms with Gasteiger partial charge in [-0.2, -0.15) is 10.4 Å². The maximum atomic E-state index is 11.8. The van der Waals surface area contributed by atoms with Gasteiger partial charge < -0.3 is 5.32 Å². The number of amides is 1. The first kappa shape index (κ1) is 15.4. The minimum absolute atomic E-state index is 0.243. The van der Waals surface area contributed by atoms with E-state index in [2.05, 4.69) is 15.5 Å². The van der Waals surface area contributed by atoms with Gasteiger partial charge in [0.25, 0.3) is 5.56 Å². The van der Waals surface area contributed by atoms with Gasteiger partial charge in [-0.05, 0) is 31.0 Å². The number of anilines is 1. The predicted octanol–water partition coefficient (Wildman–Crippen LogP) is 2.23. The number of H-pyrrole nitrogens is 1. The lowest BCUT2D eigenvalue weighted by atomic mass is 10.1. The molecular formula is C16H16N4O2. The van der Waals surface area contributed by atoms with Gasteiger partial charge in [0.05, 0.1) is 11.8 Å². The van der Waals surface area contributed by atoms with Crippen molar-refractivity contribution in [3.05, 3.63) is 46.2 Å². The second-order valence-electron chi connectivity index (χ2n) is 4.92. The summed E-state index contributed by atoms with van der Waals surface area (Å²) in [5.74, 6) is -0.959. The first-order valence-electron chi connectivity index (χ1n) is 6.92. The normalized spacial score (nSPS) is 11.5. The Morgan fingerprint density at radius 2 is 2.09 bits per heavy atom. The Labute approximate surface area is 127 Å². The smallest absolute Gasteiger partial charge is 0.264 e. The van der Waals surface area contributed by atoms with Crippen molar-refractivity contribution in [3.8, 4) is 17.3 Å². The van der Waals surface area contributed by atoms with Crippen LogP contribution in [0.2, 0.25) is 0 Å². The Balaban J connectivity index is 2.19. The van der Waals surface area contributed by atoms with Crippen molar-refractivity contribution in [3.63, 3.8) is 0 Å². The molecule has 112 valence electrons. The van der Waals surface area contributed by atoms with E-state index < -0.39 is 5.92 Å². The number of carbonyl (C=O) groups excluding carboxylic acids is 1. The number of rotatable bonds is 4. The van der Waals surface area contributed by atoms with Crippen LogP contribution in [0.1, 0.15) is 18.9 Å². The molecule has 22 heavy (non-hydrogen) atoms. The van der Waals surface area contributed by atoms with E-state index in [1.165, 1.54) is 6.07 Å². The molecule has 2 aromatic rings. The molecule has 0 saturated heterocycles. The summed E-state index contributed by atoms with van der Waals surface area (Å²) in [7, 11) is 0. The Hall–Kier alpha value is -2.94. The van der Waals surface area contributed by atoms with Crippen molar-refractivity contribution in [2.75, 3.05) is 5.32 Å². The molecule has 1 unspecified atom stereocenters. The molecule has 1 atom stereocenters. The van der Waals surface area contributed by atoms with Gasteiger partial charge >= 0.3 is 0 Å². The number of nitrogens with zero attached hydrogens (tertiary/aromatic N) is 2. The molecular weight excluding hydrogens is 280 g/mol. The van der Waals surface area contributed by atoms with E-state index in [4.69, 9.17) is 5.26 Å². The maximum Gasteiger partial charge on any atom is 0.264 e. The summed E-state index contributed by atoms with van der Waals surface area (Å²) in [6.45, 7) is 3.60. The van der Waals surface area contributed by atoms with E-state index in [0.717, 1.165) is 11.1 Å². The topological polar surface area (TPSA) is 98.6 Å². The van der Waals surface area contributed by atoms with Crippen LogP contribution in [-0.2, 0) is 4.79 Å². The van der Waals surface area contributed by atoms with Crippen molar-refractivity contribution in [1.82, 2.24) is 10.2 Å². The quantitative estimate of drug-likeness (QED) is 0.903. The van der Waals surface area contributed by atoms with Gasteiger partial charge in [0.2, 0.25) is 5.91 Å². The second kappa shape index (κ2) is 6.68. The van der Waals surface area contributed by atoms with Gasteiger partial charge in [-0.15, -0.1) is 0 Å². The lowest BCUT2D eigenvalue weighted by Gasteiger charge is -2.09. The Bertz CT molecular complexity index is 772. The SMILES string of the molecule is CCC(C#N)C(=O)Nc1ccc(-c2n[nH]c(=O)cc2C)cc1.